The van der Waals surface area contributed by atoms with Crippen molar-refractivity contribution < 1.29 is 9.66 Å². The Balaban J connectivity index is 2.16. The van der Waals surface area contributed by atoms with Gasteiger partial charge in [0.2, 0.25) is 0 Å². The van der Waals surface area contributed by atoms with Crippen molar-refractivity contribution in [2.45, 2.75) is 13.5 Å². The van der Waals surface area contributed by atoms with Gasteiger partial charge in [-0.1, -0.05) is 6.07 Å². The molecule has 2 N–H and O–H groups in total. The van der Waals surface area contributed by atoms with Crippen molar-refractivity contribution in [3.8, 4) is 5.75 Å². The molecular formula is C11H11N3O3S. The summed E-state index contributed by atoms with van der Waals surface area (Å²) in [4.78, 5) is 14.4. The number of benzene rings is 1. The number of nitro benzene ring substituents is 1. The number of nitrogens with zero attached hydrogens (tertiary/aromatic N) is 2. The lowest BCUT2D eigenvalue weighted by molar-refractivity contribution is -0.386. The molecule has 0 unspecified atom stereocenters. The van der Waals surface area contributed by atoms with Gasteiger partial charge in [-0.05, 0) is 18.6 Å². The van der Waals surface area contributed by atoms with Gasteiger partial charge >= 0.3 is 5.69 Å². The Bertz CT molecular complexity index is 583. The first-order valence-corrected chi connectivity index (χ1v) is 6.02. The molecule has 0 saturated heterocycles. The molecule has 0 radical (unpaired) electrons. The molecule has 94 valence electrons. The average Bonchev–Trinajstić information content (AvgIpc) is 2.73. The fraction of sp³-hybridized carbons (Fsp3) is 0.182. The van der Waals surface area contributed by atoms with Crippen LogP contribution >= 0.6 is 11.3 Å². The van der Waals surface area contributed by atoms with Gasteiger partial charge in [-0.3, -0.25) is 10.1 Å². The summed E-state index contributed by atoms with van der Waals surface area (Å²) in [5.74, 6) is 0.233. The minimum atomic E-state index is -0.461. The predicted octanol–water partition coefficient (Wildman–Crippen LogP) is 2.52. The minimum absolute atomic E-state index is 0.0433. The van der Waals surface area contributed by atoms with Crippen LogP contribution < -0.4 is 10.5 Å². The Morgan fingerprint density at radius 1 is 1.56 bits per heavy atom. The van der Waals surface area contributed by atoms with E-state index in [0.29, 0.717) is 10.8 Å². The summed E-state index contributed by atoms with van der Waals surface area (Å²) in [5, 5.41) is 13.1. The van der Waals surface area contributed by atoms with E-state index in [2.05, 4.69) is 4.98 Å². The molecule has 0 saturated carbocycles. The summed E-state index contributed by atoms with van der Waals surface area (Å²) in [6, 6.07) is 4.83. The highest BCUT2D eigenvalue weighted by Gasteiger charge is 2.15. The second-order valence-electron chi connectivity index (χ2n) is 3.69. The molecule has 0 aliphatic rings. The number of aromatic nitrogens is 1. The quantitative estimate of drug-likeness (QED) is 0.677. The van der Waals surface area contributed by atoms with Crippen molar-refractivity contribution in [3.63, 3.8) is 0 Å². The molecule has 0 aliphatic carbocycles. The lowest BCUT2D eigenvalue weighted by atomic mass is 10.2. The number of hydrogen-bond acceptors (Lipinski definition) is 6. The van der Waals surface area contributed by atoms with Crippen molar-refractivity contribution in [2.24, 2.45) is 0 Å². The summed E-state index contributed by atoms with van der Waals surface area (Å²) in [6.07, 6.45) is 0. The highest BCUT2D eigenvalue weighted by molar-refractivity contribution is 7.13. The predicted molar refractivity (Wildman–Crippen MR) is 68.7 cm³/mol. The van der Waals surface area contributed by atoms with Crippen LogP contribution in [0.1, 0.15) is 11.3 Å². The Morgan fingerprint density at radius 2 is 2.33 bits per heavy atom. The SMILES string of the molecule is Cc1ccc(OCc2csc(N)n2)c([N+](=O)[O-])c1. The van der Waals surface area contributed by atoms with Crippen molar-refractivity contribution in [1.82, 2.24) is 4.98 Å². The summed E-state index contributed by atoms with van der Waals surface area (Å²) >= 11 is 1.31. The van der Waals surface area contributed by atoms with E-state index in [9.17, 15) is 10.1 Å². The van der Waals surface area contributed by atoms with E-state index in [1.165, 1.54) is 17.4 Å². The zero-order chi connectivity index (χ0) is 13.1. The van der Waals surface area contributed by atoms with Crippen LogP contribution in [-0.4, -0.2) is 9.91 Å². The van der Waals surface area contributed by atoms with E-state index in [4.69, 9.17) is 10.5 Å². The zero-order valence-corrected chi connectivity index (χ0v) is 10.4. The first kappa shape index (κ1) is 12.3. The summed E-state index contributed by atoms with van der Waals surface area (Å²) in [6.45, 7) is 1.95. The highest BCUT2D eigenvalue weighted by atomic mass is 32.1. The van der Waals surface area contributed by atoms with E-state index >= 15 is 0 Å². The van der Waals surface area contributed by atoms with Crippen molar-refractivity contribution >= 4 is 22.2 Å². The smallest absolute Gasteiger partial charge is 0.311 e. The maximum Gasteiger partial charge on any atom is 0.311 e. The lowest BCUT2D eigenvalue weighted by Gasteiger charge is -2.05. The van der Waals surface area contributed by atoms with Crippen LogP contribution in [0.5, 0.6) is 5.75 Å². The van der Waals surface area contributed by atoms with E-state index in [1.54, 1.807) is 24.4 Å². The molecule has 2 rings (SSSR count). The number of thiazole rings is 1. The summed E-state index contributed by atoms with van der Waals surface area (Å²) in [5.41, 5.74) is 6.92. The van der Waals surface area contributed by atoms with Crippen molar-refractivity contribution in [1.29, 1.82) is 0 Å². The Morgan fingerprint density at radius 3 is 2.94 bits per heavy atom. The zero-order valence-electron chi connectivity index (χ0n) is 9.62. The van der Waals surface area contributed by atoms with Crippen LogP contribution in [0.4, 0.5) is 10.8 Å². The van der Waals surface area contributed by atoms with Gasteiger partial charge in [0.05, 0.1) is 10.6 Å². The Hall–Kier alpha value is -2.15. The summed E-state index contributed by atoms with van der Waals surface area (Å²) in [7, 11) is 0. The molecule has 2 aromatic rings. The molecule has 0 atom stereocenters. The maximum absolute atomic E-state index is 10.9. The van der Waals surface area contributed by atoms with Gasteiger partial charge in [0.1, 0.15) is 6.61 Å². The normalized spacial score (nSPS) is 10.3. The molecule has 1 heterocycles. The standard InChI is InChI=1S/C11H11N3O3S/c1-7-2-3-10(9(4-7)14(15)16)17-5-8-6-18-11(12)13-8/h2-4,6H,5H2,1H3,(H2,12,13). The number of hydrogen-bond donors (Lipinski definition) is 1. The van der Waals surface area contributed by atoms with Crippen LogP contribution in [-0.2, 0) is 6.61 Å². The second kappa shape index (κ2) is 5.01. The van der Waals surface area contributed by atoms with Crippen LogP contribution in [0.25, 0.3) is 0 Å². The largest absolute Gasteiger partial charge is 0.480 e. The molecule has 18 heavy (non-hydrogen) atoms. The van der Waals surface area contributed by atoms with Crippen LogP contribution in [0.2, 0.25) is 0 Å². The first-order chi connectivity index (χ1) is 8.56. The molecule has 6 nitrogen and oxygen atoms in total. The third-order valence-corrected chi connectivity index (χ3v) is 2.98. The third-order valence-electron chi connectivity index (χ3n) is 2.26. The van der Waals surface area contributed by atoms with Gasteiger partial charge in [-0.2, -0.15) is 0 Å². The van der Waals surface area contributed by atoms with Gasteiger partial charge in [-0.25, -0.2) is 4.98 Å². The van der Waals surface area contributed by atoms with Crippen molar-refractivity contribution in [2.75, 3.05) is 5.73 Å². The van der Waals surface area contributed by atoms with Crippen LogP contribution in [0, 0.1) is 17.0 Å². The molecule has 0 aliphatic heterocycles. The molecular weight excluding hydrogens is 254 g/mol. The number of anilines is 1. The third kappa shape index (κ3) is 2.75. The minimum Gasteiger partial charge on any atom is -0.480 e. The molecule has 1 aromatic heterocycles. The van der Waals surface area contributed by atoms with E-state index < -0.39 is 4.92 Å². The molecule has 7 heteroatoms. The number of ether oxygens (including phenoxy) is 1. The van der Waals surface area contributed by atoms with E-state index in [0.717, 1.165) is 5.56 Å². The highest BCUT2D eigenvalue weighted by Crippen LogP contribution is 2.28. The molecule has 1 aromatic carbocycles. The Labute approximate surface area is 107 Å². The fourth-order valence-corrected chi connectivity index (χ4v) is 1.98. The monoisotopic (exact) mass is 265 g/mol. The second-order valence-corrected chi connectivity index (χ2v) is 4.58. The van der Waals surface area contributed by atoms with Crippen LogP contribution in [0.15, 0.2) is 23.6 Å². The van der Waals surface area contributed by atoms with Gasteiger partial charge in [0.15, 0.2) is 10.9 Å². The number of aryl methyl sites for hydroxylation is 1. The van der Waals surface area contributed by atoms with Gasteiger partial charge < -0.3 is 10.5 Å². The molecule has 0 spiro atoms. The molecule has 0 amide bonds. The summed E-state index contributed by atoms with van der Waals surface area (Å²) < 4.78 is 5.40. The van der Waals surface area contributed by atoms with Gasteiger partial charge in [0, 0.05) is 11.4 Å². The van der Waals surface area contributed by atoms with Crippen LogP contribution in [0.3, 0.4) is 0 Å². The fourth-order valence-electron chi connectivity index (χ4n) is 1.43. The number of rotatable bonds is 4. The van der Waals surface area contributed by atoms with E-state index in [1.807, 2.05) is 0 Å². The van der Waals surface area contributed by atoms with E-state index in [-0.39, 0.29) is 18.0 Å². The van der Waals surface area contributed by atoms with Gasteiger partial charge in [0.25, 0.3) is 0 Å². The molecule has 0 fully saturated rings. The van der Waals surface area contributed by atoms with Crippen molar-refractivity contribution in [3.05, 3.63) is 45.0 Å². The first-order valence-electron chi connectivity index (χ1n) is 5.14. The van der Waals surface area contributed by atoms with Gasteiger partial charge in [-0.15, -0.1) is 11.3 Å². The lowest BCUT2D eigenvalue weighted by Crippen LogP contribution is -2.00. The topological polar surface area (TPSA) is 91.3 Å². The average molecular weight is 265 g/mol. The molecule has 0 bridgehead atoms. The maximum atomic E-state index is 10.9. The number of nitrogens with two attached hydrogens (primary N) is 1. The number of nitrogen functional groups attached to an aromatic ring is 1. The number of nitro groups is 1. The Kier molecular flexibility index (Phi) is 3.42.